The lowest BCUT2D eigenvalue weighted by Crippen LogP contribution is -2.65. The fourth-order valence-electron chi connectivity index (χ4n) is 13.3. The summed E-state index contributed by atoms with van der Waals surface area (Å²) in [4.78, 5) is 13.4. The molecule has 0 radical (unpaired) electrons. The summed E-state index contributed by atoms with van der Waals surface area (Å²) >= 11 is 0. The summed E-state index contributed by atoms with van der Waals surface area (Å²) in [7, 11) is 0. The first kappa shape index (κ1) is 93.0. The van der Waals surface area contributed by atoms with E-state index in [0.717, 1.165) is 70.6 Å². The van der Waals surface area contributed by atoms with Gasteiger partial charge < -0.3 is 65.1 Å². The van der Waals surface area contributed by atoms with Crippen LogP contribution in [0, 0.1) is 0 Å². The Morgan fingerprint density at radius 2 is 0.700 bits per heavy atom. The minimum Gasteiger partial charge on any atom is -0.394 e. The van der Waals surface area contributed by atoms with E-state index in [2.05, 4.69) is 104 Å². The molecule has 0 saturated carbocycles. The molecular weight excluding hydrogens is 1250 g/mol. The Labute approximate surface area is 611 Å². The number of nitrogens with one attached hydrogen (secondary N) is 1. The van der Waals surface area contributed by atoms with E-state index in [1.54, 1.807) is 6.08 Å². The number of aliphatic hydroxyl groups excluding tert-OH is 8. The molecule has 2 aliphatic heterocycles. The number of hydrogen-bond donors (Lipinski definition) is 9. The molecule has 100 heavy (non-hydrogen) atoms. The number of carbonyl (C=O) groups excluding carboxylic acids is 1. The highest BCUT2D eigenvalue weighted by Gasteiger charge is 2.51. The van der Waals surface area contributed by atoms with Crippen LogP contribution in [-0.2, 0) is 23.7 Å². The zero-order valence-electron chi connectivity index (χ0n) is 63.7. The fourth-order valence-corrected chi connectivity index (χ4v) is 13.3. The molecule has 2 aliphatic rings. The van der Waals surface area contributed by atoms with Crippen molar-refractivity contribution in [2.75, 3.05) is 19.8 Å². The van der Waals surface area contributed by atoms with Crippen molar-refractivity contribution < 1.29 is 64.6 Å². The Bertz CT molecular complexity index is 2050. The molecule has 14 heteroatoms. The molecule has 0 spiro atoms. The molecule has 2 heterocycles. The summed E-state index contributed by atoms with van der Waals surface area (Å²) in [5.74, 6) is -0.245. The summed E-state index contributed by atoms with van der Waals surface area (Å²) in [6.07, 6.45) is 82.1. The first-order valence-corrected chi connectivity index (χ1v) is 41.5. The van der Waals surface area contributed by atoms with Crippen LogP contribution in [0.3, 0.4) is 0 Å². The van der Waals surface area contributed by atoms with Crippen LogP contribution in [0.1, 0.15) is 348 Å². The van der Waals surface area contributed by atoms with Gasteiger partial charge in [-0.25, -0.2) is 0 Å². The van der Waals surface area contributed by atoms with Crippen LogP contribution in [-0.4, -0.2) is 140 Å². The minimum atomic E-state index is -1.79. The molecule has 0 aliphatic carbocycles. The van der Waals surface area contributed by atoms with Crippen LogP contribution in [0.5, 0.6) is 0 Å². The van der Waals surface area contributed by atoms with E-state index in [1.807, 2.05) is 6.08 Å². The van der Waals surface area contributed by atoms with Gasteiger partial charge in [-0.3, -0.25) is 4.79 Å². The predicted octanol–water partition coefficient (Wildman–Crippen LogP) is 19.2. The predicted molar refractivity (Wildman–Crippen MR) is 415 cm³/mol. The maximum atomic E-state index is 13.4. The van der Waals surface area contributed by atoms with Crippen LogP contribution in [0.4, 0.5) is 0 Å². The zero-order chi connectivity index (χ0) is 72.2. The van der Waals surface area contributed by atoms with Gasteiger partial charge in [0.25, 0.3) is 0 Å². The molecule has 12 atom stereocenters. The average molecular weight is 1410 g/mol. The summed E-state index contributed by atoms with van der Waals surface area (Å²) in [5.41, 5.74) is 0. The van der Waals surface area contributed by atoms with Gasteiger partial charge >= 0.3 is 0 Å². The van der Waals surface area contributed by atoms with E-state index in [0.29, 0.717) is 12.8 Å². The summed E-state index contributed by atoms with van der Waals surface area (Å²) < 4.78 is 22.9. The standard InChI is InChI=1S/C86H153NO13/c1-3-5-7-9-11-13-15-17-19-21-23-25-27-29-31-32-33-34-35-36-37-38-39-40-41-42-44-46-48-50-52-54-56-58-60-62-64-66-68-70-78(91)87-74(73-97-85-83(96)81(94)84(77(72-89)99-85)100-86-82(95)80(93)79(92)76(71-88)98-86)75(90)69-67-65-63-61-59-57-55-53-51-49-47-45-43-30-28-26-24-22-20-18-16-14-12-10-8-6-4-2/h5,7,11,13,17,19,23,25,29,31,33-34,59,61,67,69,74-77,79-86,88-90,92-96H,3-4,6,8-10,12,14-16,18,20-22,24,26-28,30,32,35-58,60,62-66,68,70-73H2,1-2H3,(H,87,91)/b7-5-,13-11-,19-17-,25-23-,31-29-,34-33-,61-59+,69-67+. The molecule has 2 rings (SSSR count). The van der Waals surface area contributed by atoms with Crippen LogP contribution in [0.25, 0.3) is 0 Å². The van der Waals surface area contributed by atoms with Gasteiger partial charge in [0.2, 0.25) is 5.91 Å². The van der Waals surface area contributed by atoms with E-state index in [1.165, 1.54) is 244 Å². The topological polar surface area (TPSA) is 228 Å². The molecule has 12 unspecified atom stereocenters. The number of rotatable bonds is 69. The maximum absolute atomic E-state index is 13.4. The monoisotopic (exact) mass is 1410 g/mol. The number of unbranched alkanes of at least 4 members (excludes halogenated alkanes) is 42. The number of aliphatic hydroxyl groups is 8. The van der Waals surface area contributed by atoms with Crippen LogP contribution in [0.2, 0.25) is 0 Å². The third kappa shape index (κ3) is 51.2. The van der Waals surface area contributed by atoms with Crippen molar-refractivity contribution in [1.29, 1.82) is 0 Å². The maximum Gasteiger partial charge on any atom is 0.220 e. The van der Waals surface area contributed by atoms with E-state index in [-0.39, 0.29) is 18.9 Å². The van der Waals surface area contributed by atoms with Gasteiger partial charge in [0.05, 0.1) is 32.0 Å². The number of ether oxygens (including phenoxy) is 4. The van der Waals surface area contributed by atoms with Crippen molar-refractivity contribution in [1.82, 2.24) is 5.32 Å². The van der Waals surface area contributed by atoms with E-state index >= 15 is 0 Å². The van der Waals surface area contributed by atoms with Crippen LogP contribution >= 0.6 is 0 Å². The highest BCUT2D eigenvalue weighted by atomic mass is 16.7. The second-order valence-corrected chi connectivity index (χ2v) is 28.9. The van der Waals surface area contributed by atoms with E-state index in [9.17, 15) is 45.6 Å². The van der Waals surface area contributed by atoms with Gasteiger partial charge in [-0.1, -0.05) is 355 Å². The molecule has 9 N–H and O–H groups in total. The Morgan fingerprint density at radius 1 is 0.370 bits per heavy atom. The molecule has 0 aromatic rings. The third-order valence-electron chi connectivity index (χ3n) is 19.8. The first-order valence-electron chi connectivity index (χ1n) is 41.5. The SMILES string of the molecule is CC/C=C\C/C=C\C/C=C\C/C=C\C/C=C\C/C=C\CCCCCCCCCCCCCCCCCCCCCCC(=O)NC(COC1OC(CO)C(OC2OC(CO)C(O)C(O)C2O)C(O)C1O)C(O)/C=C/CC/C=C/CCCCCCCCCCCCCCCCCCCCCCC. The Balaban J connectivity index is 1.60. The van der Waals surface area contributed by atoms with Gasteiger partial charge in [-0.05, 0) is 83.5 Å². The van der Waals surface area contributed by atoms with Crippen LogP contribution < -0.4 is 5.32 Å². The van der Waals surface area contributed by atoms with Crippen molar-refractivity contribution in [3.63, 3.8) is 0 Å². The highest BCUT2D eigenvalue weighted by molar-refractivity contribution is 5.76. The van der Waals surface area contributed by atoms with Gasteiger partial charge in [-0.2, -0.15) is 0 Å². The lowest BCUT2D eigenvalue weighted by atomic mass is 9.97. The van der Waals surface area contributed by atoms with Crippen molar-refractivity contribution in [2.24, 2.45) is 0 Å². The summed E-state index contributed by atoms with van der Waals surface area (Å²) in [6.45, 7) is 2.71. The normalized spacial score (nSPS) is 22.3. The fraction of sp³-hybridized carbons (Fsp3) is 0.802. The van der Waals surface area contributed by atoms with Crippen molar-refractivity contribution in [3.8, 4) is 0 Å². The second kappa shape index (κ2) is 69.0. The molecule has 0 aromatic heterocycles. The Kier molecular flexibility index (Phi) is 64.1. The Morgan fingerprint density at radius 3 is 1.10 bits per heavy atom. The van der Waals surface area contributed by atoms with E-state index < -0.39 is 86.8 Å². The number of carbonyl (C=O) groups is 1. The molecule has 14 nitrogen and oxygen atoms in total. The largest absolute Gasteiger partial charge is 0.394 e. The molecule has 2 saturated heterocycles. The Hall–Kier alpha value is -3.09. The second-order valence-electron chi connectivity index (χ2n) is 28.9. The van der Waals surface area contributed by atoms with Gasteiger partial charge in [0, 0.05) is 6.42 Å². The van der Waals surface area contributed by atoms with Crippen molar-refractivity contribution >= 4 is 5.91 Å². The number of amides is 1. The number of allylic oxidation sites excluding steroid dienone is 15. The van der Waals surface area contributed by atoms with Gasteiger partial charge in [0.15, 0.2) is 12.6 Å². The number of hydrogen-bond acceptors (Lipinski definition) is 13. The minimum absolute atomic E-state index is 0.245. The molecule has 0 bridgehead atoms. The lowest BCUT2D eigenvalue weighted by Gasteiger charge is -2.46. The zero-order valence-corrected chi connectivity index (χ0v) is 63.7. The highest BCUT2D eigenvalue weighted by Crippen LogP contribution is 2.30. The molecule has 1 amide bonds. The quantitative estimate of drug-likeness (QED) is 0.0204. The van der Waals surface area contributed by atoms with E-state index in [4.69, 9.17) is 18.9 Å². The van der Waals surface area contributed by atoms with Crippen molar-refractivity contribution in [2.45, 2.75) is 421 Å². The van der Waals surface area contributed by atoms with Crippen molar-refractivity contribution in [3.05, 3.63) is 97.2 Å². The smallest absolute Gasteiger partial charge is 0.220 e. The van der Waals surface area contributed by atoms with Gasteiger partial charge in [0.1, 0.15) is 48.8 Å². The molecule has 580 valence electrons. The molecule has 0 aromatic carbocycles. The molecular formula is C86H153NO13. The van der Waals surface area contributed by atoms with Crippen LogP contribution in [0.15, 0.2) is 97.2 Å². The summed E-state index contributed by atoms with van der Waals surface area (Å²) in [6, 6.07) is -0.936. The molecule has 2 fully saturated rings. The average Bonchev–Trinajstić information content (AvgIpc) is 0.796. The summed E-state index contributed by atoms with van der Waals surface area (Å²) in [5, 5.41) is 87.7. The van der Waals surface area contributed by atoms with Gasteiger partial charge in [-0.15, -0.1) is 0 Å². The lowest BCUT2D eigenvalue weighted by molar-refractivity contribution is -0.359. The third-order valence-corrected chi connectivity index (χ3v) is 19.8. The first-order chi connectivity index (χ1) is 49.1.